The molecule has 0 N–H and O–H groups in total. The standard InChI is InChI=1S/C14H15F2NO3/c1-4-20-14(19)9(8-17(2)3)13(18)12-10(15)6-5-7-11(12)16/h5-8H,4H2,1-3H3/b9-8-. The van der Waals surface area contributed by atoms with Crippen LogP contribution >= 0.6 is 0 Å². The van der Waals surface area contributed by atoms with E-state index in [9.17, 15) is 18.4 Å². The summed E-state index contributed by atoms with van der Waals surface area (Å²) in [5, 5.41) is 0. The molecule has 0 unspecified atom stereocenters. The van der Waals surface area contributed by atoms with Gasteiger partial charge in [0.25, 0.3) is 0 Å². The molecule has 0 aliphatic carbocycles. The lowest BCUT2D eigenvalue weighted by Gasteiger charge is -2.11. The fourth-order valence-corrected chi connectivity index (χ4v) is 1.52. The average molecular weight is 283 g/mol. The van der Waals surface area contributed by atoms with Crippen LogP contribution in [0, 0.1) is 11.6 Å². The van der Waals surface area contributed by atoms with Gasteiger partial charge in [-0.2, -0.15) is 0 Å². The van der Waals surface area contributed by atoms with Crippen LogP contribution in [0.4, 0.5) is 8.78 Å². The second-order valence-electron chi connectivity index (χ2n) is 4.15. The van der Waals surface area contributed by atoms with Crippen molar-refractivity contribution in [2.75, 3.05) is 20.7 Å². The number of rotatable bonds is 5. The molecule has 1 aromatic carbocycles. The van der Waals surface area contributed by atoms with E-state index >= 15 is 0 Å². The Bertz CT molecular complexity index is 533. The Labute approximate surface area is 115 Å². The fourth-order valence-electron chi connectivity index (χ4n) is 1.52. The molecule has 0 bridgehead atoms. The molecular formula is C14H15F2NO3. The SMILES string of the molecule is CCOC(=O)/C(=C\N(C)C)C(=O)c1c(F)cccc1F. The monoisotopic (exact) mass is 283 g/mol. The highest BCUT2D eigenvalue weighted by Gasteiger charge is 2.26. The van der Waals surface area contributed by atoms with Crippen molar-refractivity contribution >= 4 is 11.8 Å². The molecule has 4 nitrogen and oxygen atoms in total. The zero-order valence-electron chi connectivity index (χ0n) is 11.4. The molecule has 0 atom stereocenters. The molecular weight excluding hydrogens is 268 g/mol. The van der Waals surface area contributed by atoms with Gasteiger partial charge in [0.05, 0.1) is 12.2 Å². The minimum absolute atomic E-state index is 0.0522. The molecule has 0 aliphatic heterocycles. The molecule has 20 heavy (non-hydrogen) atoms. The first-order valence-electron chi connectivity index (χ1n) is 5.92. The van der Waals surface area contributed by atoms with Crippen LogP contribution in [-0.4, -0.2) is 37.4 Å². The van der Waals surface area contributed by atoms with Crippen molar-refractivity contribution in [1.29, 1.82) is 0 Å². The van der Waals surface area contributed by atoms with Crippen LogP contribution in [0.1, 0.15) is 17.3 Å². The maximum absolute atomic E-state index is 13.6. The Morgan fingerprint density at radius 1 is 1.25 bits per heavy atom. The first-order chi connectivity index (χ1) is 9.38. The molecule has 6 heteroatoms. The second-order valence-corrected chi connectivity index (χ2v) is 4.15. The third kappa shape index (κ3) is 3.63. The van der Waals surface area contributed by atoms with Crippen molar-refractivity contribution in [3.05, 3.63) is 47.2 Å². The number of Topliss-reactive ketones (excluding diaryl/α,β-unsaturated/α-hetero) is 1. The van der Waals surface area contributed by atoms with E-state index in [0.717, 1.165) is 18.2 Å². The molecule has 1 aromatic rings. The van der Waals surface area contributed by atoms with Crippen LogP contribution in [0.3, 0.4) is 0 Å². The van der Waals surface area contributed by atoms with Gasteiger partial charge in [-0.05, 0) is 19.1 Å². The molecule has 0 heterocycles. The summed E-state index contributed by atoms with van der Waals surface area (Å²) in [4.78, 5) is 25.3. The largest absolute Gasteiger partial charge is 0.462 e. The fraction of sp³-hybridized carbons (Fsp3) is 0.286. The summed E-state index contributed by atoms with van der Waals surface area (Å²) < 4.78 is 31.9. The van der Waals surface area contributed by atoms with Crippen LogP contribution in [0.5, 0.6) is 0 Å². The predicted octanol–water partition coefficient (Wildman–Crippen LogP) is 2.16. The third-order valence-electron chi connectivity index (χ3n) is 2.32. The van der Waals surface area contributed by atoms with E-state index in [2.05, 4.69) is 0 Å². The lowest BCUT2D eigenvalue weighted by atomic mass is 10.0. The lowest BCUT2D eigenvalue weighted by Crippen LogP contribution is -2.21. The number of halogens is 2. The Morgan fingerprint density at radius 2 is 1.80 bits per heavy atom. The molecule has 1 rings (SSSR count). The summed E-state index contributed by atoms with van der Waals surface area (Å²) in [6, 6.07) is 3.05. The summed E-state index contributed by atoms with van der Waals surface area (Å²) in [7, 11) is 3.15. The highest BCUT2D eigenvalue weighted by Crippen LogP contribution is 2.18. The van der Waals surface area contributed by atoms with Crippen LogP contribution in [0.15, 0.2) is 30.0 Å². The van der Waals surface area contributed by atoms with Gasteiger partial charge in [-0.3, -0.25) is 4.79 Å². The van der Waals surface area contributed by atoms with Crippen molar-refractivity contribution in [3.8, 4) is 0 Å². The lowest BCUT2D eigenvalue weighted by molar-refractivity contribution is -0.138. The van der Waals surface area contributed by atoms with Gasteiger partial charge in [0, 0.05) is 20.3 Å². The number of ether oxygens (including phenoxy) is 1. The average Bonchev–Trinajstić information content (AvgIpc) is 2.35. The normalized spacial score (nSPS) is 11.2. The minimum atomic E-state index is -1.05. The van der Waals surface area contributed by atoms with Crippen LogP contribution in [0.2, 0.25) is 0 Å². The van der Waals surface area contributed by atoms with Gasteiger partial charge in [0.15, 0.2) is 0 Å². The molecule has 0 radical (unpaired) electrons. The summed E-state index contributed by atoms with van der Waals surface area (Å²) in [6.45, 7) is 1.62. The Kier molecular flexibility index (Phi) is 5.37. The highest BCUT2D eigenvalue weighted by atomic mass is 19.1. The molecule has 0 aromatic heterocycles. The molecule has 0 aliphatic rings. The number of ketones is 1. The number of esters is 1. The quantitative estimate of drug-likeness (QED) is 0.273. The Hall–Kier alpha value is -2.24. The number of benzene rings is 1. The third-order valence-corrected chi connectivity index (χ3v) is 2.32. The molecule has 0 amide bonds. The van der Waals surface area contributed by atoms with Gasteiger partial charge in [-0.25, -0.2) is 13.6 Å². The first kappa shape index (κ1) is 15.8. The van der Waals surface area contributed by atoms with E-state index in [4.69, 9.17) is 4.74 Å². The number of hydrogen-bond donors (Lipinski definition) is 0. The highest BCUT2D eigenvalue weighted by molar-refractivity contribution is 6.24. The number of hydrogen-bond acceptors (Lipinski definition) is 4. The van der Waals surface area contributed by atoms with Crippen molar-refractivity contribution in [2.45, 2.75) is 6.92 Å². The smallest absolute Gasteiger partial charge is 0.343 e. The maximum Gasteiger partial charge on any atom is 0.343 e. The van der Waals surface area contributed by atoms with E-state index in [1.165, 1.54) is 11.1 Å². The molecule has 0 spiro atoms. The van der Waals surface area contributed by atoms with E-state index < -0.39 is 34.5 Å². The minimum Gasteiger partial charge on any atom is -0.462 e. The second kappa shape index (κ2) is 6.79. The van der Waals surface area contributed by atoms with Crippen LogP contribution < -0.4 is 0 Å². The van der Waals surface area contributed by atoms with E-state index in [-0.39, 0.29) is 6.61 Å². The van der Waals surface area contributed by atoms with Crippen LogP contribution in [-0.2, 0) is 9.53 Å². The molecule has 0 saturated heterocycles. The van der Waals surface area contributed by atoms with Gasteiger partial charge in [0.2, 0.25) is 5.78 Å². The molecule has 0 saturated carbocycles. The number of nitrogens with zero attached hydrogens (tertiary/aromatic N) is 1. The molecule has 0 fully saturated rings. The van der Waals surface area contributed by atoms with E-state index in [1.54, 1.807) is 21.0 Å². The van der Waals surface area contributed by atoms with E-state index in [1.807, 2.05) is 0 Å². The topological polar surface area (TPSA) is 46.6 Å². The first-order valence-corrected chi connectivity index (χ1v) is 5.92. The van der Waals surface area contributed by atoms with Gasteiger partial charge >= 0.3 is 5.97 Å². The van der Waals surface area contributed by atoms with Gasteiger partial charge < -0.3 is 9.64 Å². The van der Waals surface area contributed by atoms with Crippen molar-refractivity contribution in [2.24, 2.45) is 0 Å². The number of carbonyl (C=O) groups excluding carboxylic acids is 2. The Balaban J connectivity index is 3.28. The number of carbonyl (C=O) groups is 2. The zero-order valence-corrected chi connectivity index (χ0v) is 11.4. The summed E-state index contributed by atoms with van der Waals surface area (Å²) in [6.07, 6.45) is 1.17. The molecule has 108 valence electrons. The summed E-state index contributed by atoms with van der Waals surface area (Å²) >= 11 is 0. The van der Waals surface area contributed by atoms with E-state index in [0.29, 0.717) is 0 Å². The predicted molar refractivity (Wildman–Crippen MR) is 69.1 cm³/mol. The van der Waals surface area contributed by atoms with Crippen molar-refractivity contribution in [3.63, 3.8) is 0 Å². The van der Waals surface area contributed by atoms with Gasteiger partial charge in [-0.15, -0.1) is 0 Å². The van der Waals surface area contributed by atoms with Crippen molar-refractivity contribution in [1.82, 2.24) is 4.90 Å². The zero-order chi connectivity index (χ0) is 15.3. The summed E-state index contributed by atoms with van der Waals surface area (Å²) in [5.74, 6) is -4.02. The van der Waals surface area contributed by atoms with Gasteiger partial charge in [-0.1, -0.05) is 6.07 Å². The maximum atomic E-state index is 13.6. The van der Waals surface area contributed by atoms with Crippen molar-refractivity contribution < 1.29 is 23.1 Å². The van der Waals surface area contributed by atoms with Crippen LogP contribution in [0.25, 0.3) is 0 Å². The Morgan fingerprint density at radius 3 is 2.25 bits per heavy atom. The summed E-state index contributed by atoms with van der Waals surface area (Å²) in [5.41, 5.74) is -1.20. The van der Waals surface area contributed by atoms with Gasteiger partial charge in [0.1, 0.15) is 17.2 Å².